The number of rotatable bonds is 8. The van der Waals surface area contributed by atoms with Gasteiger partial charge in [0.15, 0.2) is 0 Å². The molecule has 3 aliphatic rings. The standard InChI is InChI=1S/C22H29F3N4O3/c23-22(24,25)17-10-16(28-8-9-32-13-20(28)30)6-7-18(17)27-21(31)19(11-26)29(15-4-5-15)12-14-2-1-3-14/h6-7,10,14-15,19H,1-5,8-9,11-13,26H2,(H,27,31)/t19-/m0/s1. The van der Waals surface area contributed by atoms with Gasteiger partial charge in [-0.1, -0.05) is 6.42 Å². The van der Waals surface area contributed by atoms with Crippen molar-refractivity contribution >= 4 is 23.2 Å². The monoisotopic (exact) mass is 454 g/mol. The number of nitrogens with zero attached hydrogens (tertiary/aromatic N) is 2. The average Bonchev–Trinajstić information content (AvgIpc) is 3.55. The second kappa shape index (κ2) is 9.36. The van der Waals surface area contributed by atoms with E-state index >= 15 is 0 Å². The van der Waals surface area contributed by atoms with Crippen molar-refractivity contribution in [3.63, 3.8) is 0 Å². The van der Waals surface area contributed by atoms with Crippen LogP contribution in [0.15, 0.2) is 18.2 Å². The van der Waals surface area contributed by atoms with Crippen molar-refractivity contribution in [2.45, 2.75) is 50.4 Å². The van der Waals surface area contributed by atoms with Gasteiger partial charge in [0.05, 0.1) is 17.9 Å². The van der Waals surface area contributed by atoms with Gasteiger partial charge < -0.3 is 20.7 Å². The number of nitrogens with two attached hydrogens (primary N) is 1. The van der Waals surface area contributed by atoms with E-state index in [1.165, 1.54) is 23.5 Å². The Morgan fingerprint density at radius 2 is 2.03 bits per heavy atom. The van der Waals surface area contributed by atoms with Crippen molar-refractivity contribution in [3.8, 4) is 0 Å². The number of carbonyl (C=O) groups is 2. The first-order valence-corrected chi connectivity index (χ1v) is 11.1. The quantitative estimate of drug-likeness (QED) is 0.631. The smallest absolute Gasteiger partial charge is 0.370 e. The minimum atomic E-state index is -4.70. The van der Waals surface area contributed by atoms with Crippen LogP contribution in [0.2, 0.25) is 0 Å². The Morgan fingerprint density at radius 1 is 1.28 bits per heavy atom. The number of morpholine rings is 1. The lowest BCUT2D eigenvalue weighted by molar-refractivity contribution is -0.137. The van der Waals surface area contributed by atoms with E-state index in [9.17, 15) is 22.8 Å². The number of alkyl halides is 3. The maximum Gasteiger partial charge on any atom is 0.418 e. The molecule has 0 bridgehead atoms. The average molecular weight is 454 g/mol. The molecule has 0 unspecified atom stereocenters. The summed E-state index contributed by atoms with van der Waals surface area (Å²) in [6.45, 7) is 1.05. The van der Waals surface area contributed by atoms with E-state index in [4.69, 9.17) is 10.5 Å². The van der Waals surface area contributed by atoms with Crippen molar-refractivity contribution in [1.82, 2.24) is 4.90 Å². The molecule has 1 aliphatic heterocycles. The third-order valence-electron chi connectivity index (χ3n) is 6.50. The molecule has 1 aromatic carbocycles. The molecule has 2 aliphatic carbocycles. The number of hydrogen-bond donors (Lipinski definition) is 2. The maximum atomic E-state index is 13.8. The predicted octanol–water partition coefficient (Wildman–Crippen LogP) is 2.60. The lowest BCUT2D eigenvalue weighted by Gasteiger charge is -2.36. The van der Waals surface area contributed by atoms with E-state index in [1.54, 1.807) is 0 Å². The first-order chi connectivity index (χ1) is 15.3. The zero-order valence-electron chi connectivity index (χ0n) is 17.9. The topological polar surface area (TPSA) is 87.9 Å². The van der Waals surface area contributed by atoms with Crippen LogP contribution in [0.4, 0.5) is 24.5 Å². The summed E-state index contributed by atoms with van der Waals surface area (Å²) in [5.74, 6) is -0.409. The zero-order chi connectivity index (χ0) is 22.9. The van der Waals surface area contributed by atoms with Crippen molar-refractivity contribution in [2.24, 2.45) is 11.7 Å². The molecule has 0 radical (unpaired) electrons. The van der Waals surface area contributed by atoms with Gasteiger partial charge in [-0.2, -0.15) is 13.2 Å². The van der Waals surface area contributed by atoms with Crippen LogP contribution < -0.4 is 16.0 Å². The van der Waals surface area contributed by atoms with Crippen molar-refractivity contribution in [2.75, 3.05) is 43.1 Å². The van der Waals surface area contributed by atoms with Gasteiger partial charge in [-0.3, -0.25) is 14.5 Å². The summed E-state index contributed by atoms with van der Waals surface area (Å²) in [6, 6.07) is 3.12. The van der Waals surface area contributed by atoms with Crippen LogP contribution in [-0.4, -0.2) is 61.6 Å². The highest BCUT2D eigenvalue weighted by molar-refractivity contribution is 5.98. The Labute approximate surface area is 185 Å². The summed E-state index contributed by atoms with van der Waals surface area (Å²) in [7, 11) is 0. The summed E-state index contributed by atoms with van der Waals surface area (Å²) in [6.07, 6.45) is 0.660. The molecule has 32 heavy (non-hydrogen) atoms. The number of ether oxygens (including phenoxy) is 1. The summed E-state index contributed by atoms with van der Waals surface area (Å²) >= 11 is 0. The summed E-state index contributed by atoms with van der Waals surface area (Å²) in [4.78, 5) is 28.4. The van der Waals surface area contributed by atoms with Gasteiger partial charge in [0, 0.05) is 31.4 Å². The van der Waals surface area contributed by atoms with E-state index in [1.807, 2.05) is 0 Å². The largest absolute Gasteiger partial charge is 0.418 e. The fraction of sp³-hybridized carbons (Fsp3) is 0.636. The number of amides is 2. The van der Waals surface area contributed by atoms with Gasteiger partial charge in [0.1, 0.15) is 12.6 Å². The molecule has 1 saturated heterocycles. The zero-order valence-corrected chi connectivity index (χ0v) is 17.9. The van der Waals surface area contributed by atoms with Crippen LogP contribution in [0.5, 0.6) is 0 Å². The summed E-state index contributed by atoms with van der Waals surface area (Å²) < 4.78 is 46.5. The first-order valence-electron chi connectivity index (χ1n) is 11.1. The Balaban J connectivity index is 1.54. The minimum absolute atomic E-state index is 0.0385. The highest BCUT2D eigenvalue weighted by atomic mass is 19.4. The molecule has 4 rings (SSSR count). The molecule has 3 N–H and O–H groups in total. The van der Waals surface area contributed by atoms with Gasteiger partial charge in [-0.05, 0) is 49.8 Å². The van der Waals surface area contributed by atoms with E-state index in [-0.39, 0.29) is 43.7 Å². The Bertz CT molecular complexity index is 855. The van der Waals surface area contributed by atoms with Crippen molar-refractivity contribution in [1.29, 1.82) is 0 Å². The van der Waals surface area contributed by atoms with E-state index in [2.05, 4.69) is 10.2 Å². The predicted molar refractivity (Wildman–Crippen MR) is 113 cm³/mol. The molecule has 1 aromatic rings. The Morgan fingerprint density at radius 3 is 2.59 bits per heavy atom. The van der Waals surface area contributed by atoms with E-state index < -0.39 is 29.6 Å². The molecule has 3 fully saturated rings. The van der Waals surface area contributed by atoms with Crippen LogP contribution in [-0.2, 0) is 20.5 Å². The van der Waals surface area contributed by atoms with Gasteiger partial charge in [0.2, 0.25) is 5.91 Å². The number of hydrogen-bond acceptors (Lipinski definition) is 5. The highest BCUT2D eigenvalue weighted by Gasteiger charge is 2.40. The van der Waals surface area contributed by atoms with E-state index in [0.29, 0.717) is 5.92 Å². The first kappa shape index (κ1) is 23.0. The number of anilines is 2. The minimum Gasteiger partial charge on any atom is -0.370 e. The third-order valence-corrected chi connectivity index (χ3v) is 6.50. The van der Waals surface area contributed by atoms with Crippen LogP contribution in [0.1, 0.15) is 37.7 Å². The molecule has 2 amide bonds. The van der Waals surface area contributed by atoms with Crippen LogP contribution in [0.3, 0.4) is 0 Å². The fourth-order valence-electron chi connectivity index (χ4n) is 4.35. The van der Waals surface area contributed by atoms with Crippen LogP contribution >= 0.6 is 0 Å². The second-order valence-corrected chi connectivity index (χ2v) is 8.79. The van der Waals surface area contributed by atoms with Crippen molar-refractivity contribution in [3.05, 3.63) is 23.8 Å². The number of carbonyl (C=O) groups excluding carboxylic acids is 2. The Kier molecular flexibility index (Phi) is 6.73. The van der Waals surface area contributed by atoms with Gasteiger partial charge >= 0.3 is 6.18 Å². The molecule has 2 saturated carbocycles. The normalized spacial score (nSPS) is 20.9. The number of benzene rings is 1. The SMILES string of the molecule is NC[C@@H](C(=O)Nc1ccc(N2CCOCC2=O)cc1C(F)(F)F)N(CC1CCC1)C1CC1. The fourth-order valence-corrected chi connectivity index (χ4v) is 4.35. The number of nitrogens with one attached hydrogen (secondary N) is 1. The molecule has 0 spiro atoms. The number of halogens is 3. The second-order valence-electron chi connectivity index (χ2n) is 8.79. The summed E-state index contributed by atoms with van der Waals surface area (Å²) in [5.41, 5.74) is 4.72. The third kappa shape index (κ3) is 5.07. The molecule has 1 atom stereocenters. The molecular formula is C22H29F3N4O3. The molecular weight excluding hydrogens is 425 g/mol. The van der Waals surface area contributed by atoms with E-state index in [0.717, 1.165) is 38.3 Å². The van der Waals surface area contributed by atoms with Gasteiger partial charge in [-0.15, -0.1) is 0 Å². The highest BCUT2D eigenvalue weighted by Crippen LogP contribution is 2.38. The van der Waals surface area contributed by atoms with Crippen LogP contribution in [0.25, 0.3) is 0 Å². The maximum absolute atomic E-state index is 13.8. The molecule has 1 heterocycles. The lowest BCUT2D eigenvalue weighted by Crippen LogP contribution is -2.52. The molecule has 10 heteroatoms. The lowest BCUT2D eigenvalue weighted by atomic mass is 9.84. The van der Waals surface area contributed by atoms with Gasteiger partial charge in [-0.25, -0.2) is 0 Å². The van der Waals surface area contributed by atoms with Crippen molar-refractivity contribution < 1.29 is 27.5 Å². The molecule has 7 nitrogen and oxygen atoms in total. The molecule has 176 valence electrons. The van der Waals surface area contributed by atoms with Gasteiger partial charge in [0.25, 0.3) is 5.91 Å². The summed E-state index contributed by atoms with van der Waals surface area (Å²) in [5, 5.41) is 2.47. The molecule has 0 aromatic heterocycles. The Hall–Kier alpha value is -2.17. The van der Waals surface area contributed by atoms with Crippen LogP contribution in [0, 0.1) is 5.92 Å².